The number of sulfonamides is 1. The summed E-state index contributed by atoms with van der Waals surface area (Å²) in [5, 5.41) is 2.32. The van der Waals surface area contributed by atoms with E-state index in [4.69, 9.17) is 9.15 Å². The van der Waals surface area contributed by atoms with E-state index in [1.165, 1.54) is 16.4 Å². The molecule has 1 saturated heterocycles. The molecule has 1 aliphatic heterocycles. The van der Waals surface area contributed by atoms with Crippen LogP contribution in [0.1, 0.15) is 62.2 Å². The molecule has 1 aromatic heterocycles. The van der Waals surface area contributed by atoms with Crippen LogP contribution in [0.3, 0.4) is 0 Å². The summed E-state index contributed by atoms with van der Waals surface area (Å²) in [6, 6.07) is 10.2. The third-order valence-electron chi connectivity index (χ3n) is 4.77. The average Bonchev–Trinajstić information content (AvgIpc) is 3.23. The molecule has 0 unspecified atom stereocenters. The van der Waals surface area contributed by atoms with Crippen LogP contribution >= 0.6 is 0 Å². The lowest BCUT2D eigenvalue weighted by Gasteiger charge is -2.25. The molecule has 0 aliphatic carbocycles. The number of nitrogens with zero attached hydrogens (tertiary/aromatic N) is 1. The van der Waals surface area contributed by atoms with Crippen molar-refractivity contribution in [3.8, 4) is 0 Å². The molecular weight excluding hydrogens is 420 g/mol. The summed E-state index contributed by atoms with van der Waals surface area (Å²) in [6.07, 6.45) is 2.58. The molecule has 1 N–H and O–H groups in total. The van der Waals surface area contributed by atoms with Crippen molar-refractivity contribution in [3.63, 3.8) is 0 Å². The van der Waals surface area contributed by atoms with Gasteiger partial charge in [-0.15, -0.1) is 0 Å². The van der Waals surface area contributed by atoms with E-state index in [0.717, 1.165) is 19.3 Å². The van der Waals surface area contributed by atoms with Crippen molar-refractivity contribution in [2.24, 2.45) is 0 Å². The number of carbonyl (C=O) groups is 2. The van der Waals surface area contributed by atoms with Crippen LogP contribution in [0.15, 0.2) is 52.0 Å². The van der Waals surface area contributed by atoms with Gasteiger partial charge in [-0.2, -0.15) is 4.31 Å². The molecular formula is C22H28N2O6S. The Morgan fingerprint density at radius 2 is 1.68 bits per heavy atom. The predicted octanol–water partition coefficient (Wildman–Crippen LogP) is 3.27. The van der Waals surface area contributed by atoms with E-state index in [9.17, 15) is 18.0 Å². The molecule has 1 amide bonds. The Hall–Kier alpha value is -2.65. The monoisotopic (exact) mass is 448 g/mol. The highest BCUT2D eigenvalue weighted by molar-refractivity contribution is 7.89. The summed E-state index contributed by atoms with van der Waals surface area (Å²) in [5.74, 6) is -1.53. The lowest BCUT2D eigenvalue weighted by molar-refractivity contribution is -0.157. The summed E-state index contributed by atoms with van der Waals surface area (Å²) in [4.78, 5) is 25.5. The summed E-state index contributed by atoms with van der Waals surface area (Å²) in [5.41, 5.74) is -0.201. The summed E-state index contributed by atoms with van der Waals surface area (Å²) in [7, 11) is -3.80. The van der Waals surface area contributed by atoms with Gasteiger partial charge in [-0.25, -0.2) is 13.2 Å². The maximum atomic E-state index is 12.8. The summed E-state index contributed by atoms with van der Waals surface area (Å²) >= 11 is 0. The number of piperidine rings is 1. The molecule has 8 nitrogen and oxygen atoms in total. The molecule has 31 heavy (non-hydrogen) atoms. The van der Waals surface area contributed by atoms with E-state index in [1.54, 1.807) is 51.1 Å². The van der Waals surface area contributed by atoms with Crippen LogP contribution in [-0.4, -0.2) is 43.3 Å². The molecule has 1 atom stereocenters. The highest BCUT2D eigenvalue weighted by Crippen LogP contribution is 2.24. The van der Waals surface area contributed by atoms with Crippen LogP contribution in [0.4, 0.5) is 0 Å². The Labute approximate surface area is 182 Å². The van der Waals surface area contributed by atoms with Gasteiger partial charge >= 0.3 is 5.97 Å². The SMILES string of the molecule is CC(C)(C)OC(=O)[C@H](NC(=O)c1ccc(S(=O)(=O)N2CCCCC2)o1)c1ccccc1. The maximum Gasteiger partial charge on any atom is 0.333 e. The van der Waals surface area contributed by atoms with Crippen LogP contribution in [0, 0.1) is 0 Å². The van der Waals surface area contributed by atoms with Gasteiger partial charge in [0.25, 0.3) is 15.9 Å². The van der Waals surface area contributed by atoms with Gasteiger partial charge in [-0.3, -0.25) is 4.79 Å². The Morgan fingerprint density at radius 3 is 2.29 bits per heavy atom. The topological polar surface area (TPSA) is 106 Å². The molecule has 2 aromatic rings. The fraction of sp³-hybridized carbons (Fsp3) is 0.455. The fourth-order valence-electron chi connectivity index (χ4n) is 3.30. The number of benzene rings is 1. The van der Waals surface area contributed by atoms with Gasteiger partial charge in [0.05, 0.1) is 0 Å². The minimum atomic E-state index is -3.80. The smallest absolute Gasteiger partial charge is 0.333 e. The van der Waals surface area contributed by atoms with E-state index < -0.39 is 33.5 Å². The Balaban J connectivity index is 1.80. The average molecular weight is 449 g/mol. The molecule has 0 radical (unpaired) electrons. The molecule has 1 fully saturated rings. The number of carbonyl (C=O) groups excluding carboxylic acids is 2. The highest BCUT2D eigenvalue weighted by atomic mass is 32.2. The van der Waals surface area contributed by atoms with Crippen molar-refractivity contribution in [1.29, 1.82) is 0 Å². The lowest BCUT2D eigenvalue weighted by Crippen LogP contribution is -2.38. The number of esters is 1. The largest absolute Gasteiger partial charge is 0.458 e. The van der Waals surface area contributed by atoms with Crippen molar-refractivity contribution in [2.45, 2.75) is 56.8 Å². The van der Waals surface area contributed by atoms with Gasteiger partial charge in [0.2, 0.25) is 5.09 Å². The second-order valence-electron chi connectivity index (χ2n) is 8.43. The van der Waals surface area contributed by atoms with Gasteiger partial charge in [0, 0.05) is 13.1 Å². The molecule has 9 heteroatoms. The number of hydrogen-bond donors (Lipinski definition) is 1. The third-order valence-corrected chi connectivity index (χ3v) is 6.54. The number of rotatable bonds is 6. The van der Waals surface area contributed by atoms with Crippen molar-refractivity contribution in [1.82, 2.24) is 9.62 Å². The van der Waals surface area contributed by atoms with E-state index >= 15 is 0 Å². The summed E-state index contributed by atoms with van der Waals surface area (Å²) in [6.45, 7) is 6.07. The zero-order chi connectivity index (χ0) is 22.6. The molecule has 1 aliphatic rings. The Bertz CT molecular complexity index is 1020. The second kappa shape index (κ2) is 9.23. The van der Waals surface area contributed by atoms with E-state index in [0.29, 0.717) is 18.7 Å². The molecule has 0 saturated carbocycles. The lowest BCUT2D eigenvalue weighted by atomic mass is 10.1. The molecule has 3 rings (SSSR count). The van der Waals surface area contributed by atoms with Gasteiger partial charge in [0.1, 0.15) is 5.60 Å². The molecule has 2 heterocycles. The number of ether oxygens (including phenoxy) is 1. The van der Waals surface area contributed by atoms with E-state index in [-0.39, 0.29) is 10.9 Å². The predicted molar refractivity (Wildman–Crippen MR) is 114 cm³/mol. The minimum Gasteiger partial charge on any atom is -0.458 e. The van der Waals surface area contributed by atoms with Crippen molar-refractivity contribution < 1.29 is 27.2 Å². The number of amides is 1. The molecule has 0 spiro atoms. The van der Waals surface area contributed by atoms with Crippen LogP contribution in [0.5, 0.6) is 0 Å². The van der Waals surface area contributed by atoms with E-state index in [2.05, 4.69) is 5.32 Å². The highest BCUT2D eigenvalue weighted by Gasteiger charge is 2.32. The van der Waals surface area contributed by atoms with E-state index in [1.807, 2.05) is 0 Å². The minimum absolute atomic E-state index is 0.194. The normalized spacial score (nSPS) is 16.5. The first-order chi connectivity index (χ1) is 14.6. The third kappa shape index (κ3) is 5.74. The van der Waals surface area contributed by atoms with Gasteiger partial charge in [-0.1, -0.05) is 36.8 Å². The number of nitrogens with one attached hydrogen (secondary N) is 1. The zero-order valence-electron chi connectivity index (χ0n) is 18.0. The van der Waals surface area contributed by atoms with Gasteiger partial charge in [-0.05, 0) is 51.3 Å². The van der Waals surface area contributed by atoms with Crippen LogP contribution < -0.4 is 5.32 Å². The maximum absolute atomic E-state index is 12.8. The van der Waals surface area contributed by atoms with Gasteiger partial charge in [0.15, 0.2) is 11.8 Å². The first kappa shape index (κ1) is 23.0. The van der Waals surface area contributed by atoms with Gasteiger partial charge < -0.3 is 14.5 Å². The van der Waals surface area contributed by atoms with Crippen molar-refractivity contribution >= 4 is 21.9 Å². The Morgan fingerprint density at radius 1 is 1.03 bits per heavy atom. The quantitative estimate of drug-likeness (QED) is 0.680. The zero-order valence-corrected chi connectivity index (χ0v) is 18.8. The summed E-state index contributed by atoms with van der Waals surface area (Å²) < 4.78 is 37.7. The standard InChI is InChI=1S/C22H28N2O6S/c1-22(2,3)30-21(26)19(16-10-6-4-7-11-16)23-20(25)17-12-13-18(29-17)31(27,28)24-14-8-5-9-15-24/h4,6-7,10-13,19H,5,8-9,14-15H2,1-3H3,(H,23,25)/t19-/m1/s1. The Kier molecular flexibility index (Phi) is 6.86. The van der Waals surface area contributed by atoms with Crippen LogP contribution in [0.25, 0.3) is 0 Å². The first-order valence-electron chi connectivity index (χ1n) is 10.3. The fourth-order valence-corrected chi connectivity index (χ4v) is 4.73. The molecule has 1 aromatic carbocycles. The first-order valence-corrected chi connectivity index (χ1v) is 11.7. The number of hydrogen-bond acceptors (Lipinski definition) is 6. The van der Waals surface area contributed by atoms with Crippen LogP contribution in [0.2, 0.25) is 0 Å². The second-order valence-corrected chi connectivity index (χ2v) is 10.3. The van der Waals surface area contributed by atoms with Crippen molar-refractivity contribution in [3.05, 3.63) is 53.8 Å². The van der Waals surface area contributed by atoms with Crippen LogP contribution in [-0.2, 0) is 19.6 Å². The molecule has 0 bridgehead atoms. The number of furan rings is 1. The molecule has 168 valence electrons. The van der Waals surface area contributed by atoms with Crippen molar-refractivity contribution in [2.75, 3.05) is 13.1 Å².